The third-order valence-electron chi connectivity index (χ3n) is 5.73. The summed E-state index contributed by atoms with van der Waals surface area (Å²) in [5, 5.41) is 8.77. The van der Waals surface area contributed by atoms with Crippen LogP contribution >= 0.6 is 0 Å². The van der Waals surface area contributed by atoms with Crippen LogP contribution in [0.5, 0.6) is 0 Å². The van der Waals surface area contributed by atoms with Gasteiger partial charge in [0.05, 0.1) is 5.56 Å². The summed E-state index contributed by atoms with van der Waals surface area (Å²) in [5.74, 6) is -0.344. The van der Waals surface area contributed by atoms with Crippen molar-refractivity contribution in [3.05, 3.63) is 29.1 Å². The maximum atomic E-state index is 11.7. The Morgan fingerprint density at radius 1 is 1.38 bits per heavy atom. The van der Waals surface area contributed by atoms with E-state index in [1.807, 2.05) is 24.8 Å². The third kappa shape index (κ3) is 3.33. The van der Waals surface area contributed by atoms with Gasteiger partial charge in [0.1, 0.15) is 0 Å². The summed E-state index contributed by atoms with van der Waals surface area (Å²) in [4.78, 5) is 32.0. The average molecular weight is 360 g/mol. The zero-order valence-corrected chi connectivity index (χ0v) is 15.8. The number of hydrogen-bond donors (Lipinski definition) is 2. The van der Waals surface area contributed by atoms with Gasteiger partial charge in [-0.1, -0.05) is 13.8 Å². The summed E-state index contributed by atoms with van der Waals surface area (Å²) in [5.41, 5.74) is 4.37. The van der Waals surface area contributed by atoms with E-state index in [0.717, 1.165) is 56.7 Å². The zero-order chi connectivity index (χ0) is 18.9. The molecule has 2 amide bonds. The van der Waals surface area contributed by atoms with Gasteiger partial charge in [-0.25, -0.2) is 5.48 Å². The summed E-state index contributed by atoms with van der Waals surface area (Å²) in [6.07, 6.45) is 4.60. The highest BCUT2D eigenvalue weighted by Gasteiger charge is 2.56. The van der Waals surface area contributed by atoms with Gasteiger partial charge < -0.3 is 4.90 Å². The van der Waals surface area contributed by atoms with Gasteiger partial charge in [-0.05, 0) is 24.5 Å². The van der Waals surface area contributed by atoms with Crippen molar-refractivity contribution in [3.63, 3.8) is 0 Å². The Morgan fingerprint density at radius 2 is 2.12 bits per heavy atom. The molecule has 5 rings (SSSR count). The van der Waals surface area contributed by atoms with Gasteiger partial charge in [-0.15, -0.1) is 0 Å². The molecule has 1 aromatic rings. The van der Waals surface area contributed by atoms with Crippen LogP contribution in [0.25, 0.3) is 0 Å². The van der Waals surface area contributed by atoms with Gasteiger partial charge in [0, 0.05) is 62.9 Å². The van der Waals surface area contributed by atoms with Crippen molar-refractivity contribution in [2.24, 2.45) is 5.41 Å². The molecule has 0 spiro atoms. The number of hydroxylamine groups is 1. The van der Waals surface area contributed by atoms with Crippen molar-refractivity contribution in [3.8, 4) is 0 Å². The first-order valence-corrected chi connectivity index (χ1v) is 9.41. The number of amides is 2. The van der Waals surface area contributed by atoms with Crippen LogP contribution in [0.1, 0.15) is 55.2 Å². The van der Waals surface area contributed by atoms with Crippen LogP contribution in [-0.2, 0) is 17.8 Å². The van der Waals surface area contributed by atoms with E-state index in [4.69, 9.17) is 5.21 Å². The fourth-order valence-electron chi connectivity index (χ4n) is 4.61. The molecule has 26 heavy (non-hydrogen) atoms. The highest BCUT2D eigenvalue weighted by molar-refractivity contribution is 5.93. The maximum Gasteiger partial charge on any atom is 0.276 e. The SMILES string of the molecule is CC.CC(=O)N1CC2(CN3CCc4ncc(C(=O)NO)cc4C3)CC1C2. The number of aromatic nitrogens is 1. The lowest BCUT2D eigenvalue weighted by Crippen LogP contribution is -2.45. The monoisotopic (exact) mass is 360 g/mol. The van der Waals surface area contributed by atoms with Gasteiger partial charge in [-0.3, -0.25) is 24.7 Å². The molecule has 2 saturated heterocycles. The molecule has 142 valence electrons. The molecule has 1 aliphatic carbocycles. The molecule has 2 N–H and O–H groups in total. The van der Waals surface area contributed by atoms with E-state index in [1.54, 1.807) is 12.4 Å². The third-order valence-corrected chi connectivity index (χ3v) is 5.73. The van der Waals surface area contributed by atoms with Crippen molar-refractivity contribution < 1.29 is 14.8 Å². The van der Waals surface area contributed by atoms with E-state index in [2.05, 4.69) is 9.88 Å². The first-order valence-electron chi connectivity index (χ1n) is 9.41. The lowest BCUT2D eigenvalue weighted by atomic mass is 9.69. The molecule has 0 atom stereocenters. The Morgan fingerprint density at radius 3 is 2.73 bits per heavy atom. The average Bonchev–Trinajstić information content (AvgIpc) is 3.18. The van der Waals surface area contributed by atoms with Crippen molar-refractivity contribution >= 4 is 11.8 Å². The highest BCUT2D eigenvalue weighted by Crippen LogP contribution is 2.52. The molecule has 3 fully saturated rings. The van der Waals surface area contributed by atoms with Crippen molar-refractivity contribution in [1.82, 2.24) is 20.3 Å². The number of pyridine rings is 1. The molecule has 0 unspecified atom stereocenters. The largest absolute Gasteiger partial charge is 0.339 e. The van der Waals surface area contributed by atoms with Crippen molar-refractivity contribution in [2.75, 3.05) is 19.6 Å². The zero-order valence-electron chi connectivity index (χ0n) is 15.8. The predicted molar refractivity (Wildman–Crippen MR) is 96.7 cm³/mol. The maximum absolute atomic E-state index is 11.7. The number of carbonyl (C=O) groups excluding carboxylic acids is 2. The van der Waals surface area contributed by atoms with Gasteiger partial charge in [0.15, 0.2) is 0 Å². The number of carbonyl (C=O) groups is 2. The molecule has 7 nitrogen and oxygen atoms in total. The Hall–Kier alpha value is -1.99. The quantitative estimate of drug-likeness (QED) is 0.632. The van der Waals surface area contributed by atoms with E-state index in [-0.39, 0.29) is 11.3 Å². The standard InChI is InChI=1S/C17H22N4O3.C2H6/c1-11(22)21-10-17(5-14(21)6-17)9-20-3-2-15-13(8-20)4-12(7-18-15)16(23)19-24;1-2/h4,7,14,24H,2-3,5-6,8-10H2,1H3,(H,19,23);1-2H3. The molecule has 7 heteroatoms. The summed E-state index contributed by atoms with van der Waals surface area (Å²) in [6, 6.07) is 2.26. The second kappa shape index (κ2) is 7.32. The highest BCUT2D eigenvalue weighted by atomic mass is 16.5. The molecule has 0 aromatic carbocycles. The van der Waals surface area contributed by atoms with Gasteiger partial charge in [0.25, 0.3) is 5.91 Å². The van der Waals surface area contributed by atoms with Gasteiger partial charge >= 0.3 is 0 Å². The van der Waals surface area contributed by atoms with Crippen LogP contribution in [-0.4, -0.2) is 57.5 Å². The second-order valence-corrected chi connectivity index (χ2v) is 7.44. The fraction of sp³-hybridized carbons (Fsp3) is 0.632. The fourth-order valence-corrected chi connectivity index (χ4v) is 4.61. The summed E-state index contributed by atoms with van der Waals surface area (Å²) in [7, 11) is 0. The molecule has 4 aliphatic rings. The molecule has 2 bridgehead atoms. The smallest absolute Gasteiger partial charge is 0.276 e. The molecule has 4 heterocycles. The minimum Gasteiger partial charge on any atom is -0.339 e. The Balaban J connectivity index is 0.000000948. The normalized spacial score (nSPS) is 26.3. The van der Waals surface area contributed by atoms with E-state index < -0.39 is 5.91 Å². The first-order chi connectivity index (χ1) is 12.5. The molecular weight excluding hydrogens is 332 g/mol. The number of rotatable bonds is 3. The number of hydrogen-bond acceptors (Lipinski definition) is 5. The Kier molecular flexibility index (Phi) is 5.29. The minimum atomic E-state index is -0.532. The molecule has 0 radical (unpaired) electrons. The molecule has 1 saturated carbocycles. The predicted octanol–water partition coefficient (Wildman–Crippen LogP) is 1.60. The van der Waals surface area contributed by atoms with E-state index in [9.17, 15) is 9.59 Å². The van der Waals surface area contributed by atoms with Gasteiger partial charge in [-0.2, -0.15) is 0 Å². The Labute approximate surface area is 154 Å². The van der Waals surface area contributed by atoms with Gasteiger partial charge in [0.2, 0.25) is 5.91 Å². The second-order valence-electron chi connectivity index (χ2n) is 7.44. The lowest BCUT2D eigenvalue weighted by molar-refractivity contribution is -0.128. The molecular formula is C19H28N4O3. The number of nitrogens with zero attached hydrogens (tertiary/aromatic N) is 3. The van der Waals surface area contributed by atoms with Crippen LogP contribution < -0.4 is 5.48 Å². The van der Waals surface area contributed by atoms with E-state index in [0.29, 0.717) is 11.6 Å². The summed E-state index contributed by atoms with van der Waals surface area (Å²) in [6.45, 7) is 9.25. The lowest BCUT2D eigenvalue weighted by Gasteiger charge is -2.42. The summed E-state index contributed by atoms with van der Waals surface area (Å²) >= 11 is 0. The topological polar surface area (TPSA) is 85.8 Å². The van der Waals surface area contributed by atoms with Crippen LogP contribution in [0.4, 0.5) is 0 Å². The first kappa shape index (κ1) is 18.8. The Bertz CT molecular complexity index is 700. The molecule has 3 aliphatic heterocycles. The molecule has 1 aromatic heterocycles. The van der Waals surface area contributed by atoms with Crippen LogP contribution in [0.3, 0.4) is 0 Å². The van der Waals surface area contributed by atoms with Crippen LogP contribution in [0.15, 0.2) is 12.3 Å². The van der Waals surface area contributed by atoms with Crippen LogP contribution in [0, 0.1) is 5.41 Å². The van der Waals surface area contributed by atoms with Crippen molar-refractivity contribution in [2.45, 2.75) is 52.6 Å². The van der Waals surface area contributed by atoms with E-state index >= 15 is 0 Å². The van der Waals surface area contributed by atoms with E-state index in [1.165, 1.54) is 6.20 Å². The number of nitrogens with one attached hydrogen (secondary N) is 1. The van der Waals surface area contributed by atoms with Crippen molar-refractivity contribution in [1.29, 1.82) is 0 Å². The minimum absolute atomic E-state index is 0.187. The summed E-state index contributed by atoms with van der Waals surface area (Å²) < 4.78 is 0. The van der Waals surface area contributed by atoms with Crippen LogP contribution in [0.2, 0.25) is 0 Å². The number of fused-ring (bicyclic) bond motifs is 2.